The van der Waals surface area contributed by atoms with Gasteiger partial charge in [0.1, 0.15) is 0 Å². The lowest BCUT2D eigenvalue weighted by Gasteiger charge is -2.21. The molecule has 4 heteroatoms. The Bertz CT molecular complexity index is 834. The quantitative estimate of drug-likeness (QED) is 0.865. The minimum absolute atomic E-state index is 0.186. The molecule has 1 aliphatic rings. The number of carbonyl (C=O) groups is 2. The molecule has 2 N–H and O–H groups in total. The van der Waals surface area contributed by atoms with Crippen molar-refractivity contribution in [2.75, 3.05) is 5.32 Å². The van der Waals surface area contributed by atoms with Gasteiger partial charge < -0.3 is 10.6 Å². The molecule has 0 spiro atoms. The maximum absolute atomic E-state index is 12.7. The minimum Gasteiger partial charge on any atom is -0.347 e. The van der Waals surface area contributed by atoms with Gasteiger partial charge in [-0.15, -0.1) is 0 Å². The maximum Gasteiger partial charge on any atom is 0.255 e. The van der Waals surface area contributed by atoms with Crippen LogP contribution in [0.5, 0.6) is 0 Å². The second kappa shape index (κ2) is 7.32. The molecule has 1 aliphatic carbocycles. The molecule has 0 aromatic heterocycles. The first-order valence-electron chi connectivity index (χ1n) is 9.18. The number of benzene rings is 2. The molecular weight excluding hydrogens is 324 g/mol. The van der Waals surface area contributed by atoms with Crippen molar-refractivity contribution in [2.45, 2.75) is 52.0 Å². The van der Waals surface area contributed by atoms with Crippen LogP contribution in [0.1, 0.15) is 65.5 Å². The third-order valence-corrected chi connectivity index (χ3v) is 4.52. The Morgan fingerprint density at radius 3 is 2.31 bits per heavy atom. The summed E-state index contributed by atoms with van der Waals surface area (Å²) in [7, 11) is 0. The number of nitrogens with one attached hydrogen (secondary N) is 2. The lowest BCUT2D eigenvalue weighted by Crippen LogP contribution is -2.40. The molecule has 0 unspecified atom stereocenters. The van der Waals surface area contributed by atoms with Gasteiger partial charge >= 0.3 is 0 Å². The molecule has 0 saturated carbocycles. The van der Waals surface area contributed by atoms with Crippen LogP contribution in [0.3, 0.4) is 0 Å². The van der Waals surface area contributed by atoms with Gasteiger partial charge in [0.2, 0.25) is 0 Å². The molecule has 0 aliphatic heterocycles. The van der Waals surface area contributed by atoms with E-state index in [-0.39, 0.29) is 17.4 Å². The largest absolute Gasteiger partial charge is 0.347 e. The predicted molar refractivity (Wildman–Crippen MR) is 105 cm³/mol. The van der Waals surface area contributed by atoms with Gasteiger partial charge in [-0.25, -0.2) is 0 Å². The molecule has 0 bridgehead atoms. The van der Waals surface area contributed by atoms with E-state index < -0.39 is 0 Å². The highest BCUT2D eigenvalue weighted by atomic mass is 16.2. The third-order valence-electron chi connectivity index (χ3n) is 4.52. The van der Waals surface area contributed by atoms with Crippen LogP contribution in [-0.2, 0) is 12.8 Å². The average molecular weight is 350 g/mol. The number of hydrogen-bond acceptors (Lipinski definition) is 2. The standard InChI is InChI=1S/C22H26N2O2/c1-22(2,3)24-21(26)18-10-6-7-11-19(18)23-20(25)17-13-12-15-8-4-5-9-16(15)14-17/h6-7,10-14H,4-5,8-9H2,1-3H3,(H,23,25)(H,24,26). The maximum atomic E-state index is 12.7. The molecule has 136 valence electrons. The van der Waals surface area contributed by atoms with Crippen molar-refractivity contribution < 1.29 is 9.59 Å². The first-order chi connectivity index (χ1) is 12.3. The first-order valence-corrected chi connectivity index (χ1v) is 9.18. The highest BCUT2D eigenvalue weighted by molar-refractivity contribution is 6.09. The highest BCUT2D eigenvalue weighted by Crippen LogP contribution is 2.23. The number of amides is 2. The van der Waals surface area contributed by atoms with Gasteiger partial charge in [-0.05, 0) is 81.8 Å². The smallest absolute Gasteiger partial charge is 0.255 e. The van der Waals surface area contributed by atoms with Crippen LogP contribution < -0.4 is 10.6 Å². The minimum atomic E-state index is -0.341. The molecule has 0 heterocycles. The van der Waals surface area contributed by atoms with E-state index in [0.717, 1.165) is 12.8 Å². The average Bonchev–Trinajstić information content (AvgIpc) is 2.60. The van der Waals surface area contributed by atoms with Gasteiger partial charge in [-0.2, -0.15) is 0 Å². The van der Waals surface area contributed by atoms with Crippen LogP contribution in [0.4, 0.5) is 5.69 Å². The summed E-state index contributed by atoms with van der Waals surface area (Å²) in [5, 5.41) is 5.84. The third kappa shape index (κ3) is 4.31. The second-order valence-electron chi connectivity index (χ2n) is 7.89. The second-order valence-corrected chi connectivity index (χ2v) is 7.89. The normalized spacial score (nSPS) is 13.7. The Kier molecular flexibility index (Phi) is 5.12. The van der Waals surface area contributed by atoms with Gasteiger partial charge in [0.25, 0.3) is 11.8 Å². The van der Waals surface area contributed by atoms with Crippen molar-refractivity contribution in [1.29, 1.82) is 0 Å². The summed E-state index contributed by atoms with van der Waals surface area (Å²) in [5.41, 5.74) is 3.90. The van der Waals surface area contributed by atoms with E-state index >= 15 is 0 Å². The lowest BCUT2D eigenvalue weighted by atomic mass is 9.90. The zero-order valence-corrected chi connectivity index (χ0v) is 15.7. The van der Waals surface area contributed by atoms with E-state index in [4.69, 9.17) is 0 Å². The molecule has 2 aromatic carbocycles. The Labute approximate surface area is 155 Å². The number of aryl methyl sites for hydroxylation is 2. The van der Waals surface area contributed by atoms with Crippen molar-refractivity contribution in [3.05, 3.63) is 64.7 Å². The van der Waals surface area contributed by atoms with Crippen molar-refractivity contribution in [1.82, 2.24) is 5.32 Å². The number of hydrogen-bond donors (Lipinski definition) is 2. The fraction of sp³-hybridized carbons (Fsp3) is 0.364. The lowest BCUT2D eigenvalue weighted by molar-refractivity contribution is 0.0920. The van der Waals surface area contributed by atoms with Crippen LogP contribution in [0.25, 0.3) is 0 Å². The monoisotopic (exact) mass is 350 g/mol. The number of para-hydroxylation sites is 1. The fourth-order valence-corrected chi connectivity index (χ4v) is 3.27. The molecule has 0 saturated heterocycles. The predicted octanol–water partition coefficient (Wildman–Crippen LogP) is 4.35. The fourth-order valence-electron chi connectivity index (χ4n) is 3.27. The molecule has 2 amide bonds. The first kappa shape index (κ1) is 18.2. The zero-order valence-electron chi connectivity index (χ0n) is 15.7. The van der Waals surface area contributed by atoms with Crippen LogP contribution in [-0.4, -0.2) is 17.4 Å². The molecule has 3 rings (SSSR count). The molecule has 4 nitrogen and oxygen atoms in total. The number of fused-ring (bicyclic) bond motifs is 1. The van der Waals surface area contributed by atoms with E-state index in [0.29, 0.717) is 16.8 Å². The number of carbonyl (C=O) groups excluding carboxylic acids is 2. The van der Waals surface area contributed by atoms with Crippen LogP contribution in [0.15, 0.2) is 42.5 Å². The topological polar surface area (TPSA) is 58.2 Å². The van der Waals surface area contributed by atoms with Gasteiger partial charge in [-0.3, -0.25) is 9.59 Å². The molecular formula is C22H26N2O2. The van der Waals surface area contributed by atoms with Crippen molar-refractivity contribution in [3.8, 4) is 0 Å². The zero-order chi connectivity index (χ0) is 18.7. The Morgan fingerprint density at radius 1 is 0.885 bits per heavy atom. The SMILES string of the molecule is CC(C)(C)NC(=O)c1ccccc1NC(=O)c1ccc2c(c1)CCCC2. The summed E-state index contributed by atoms with van der Waals surface area (Å²) in [4.78, 5) is 25.2. The molecule has 0 atom stereocenters. The Balaban J connectivity index is 1.81. The summed E-state index contributed by atoms with van der Waals surface area (Å²) in [5.74, 6) is -0.381. The van der Waals surface area contributed by atoms with Crippen LogP contribution in [0, 0.1) is 0 Å². The van der Waals surface area contributed by atoms with E-state index in [1.807, 2.05) is 39.0 Å². The van der Waals surface area contributed by atoms with Gasteiger partial charge in [-0.1, -0.05) is 18.2 Å². The summed E-state index contributed by atoms with van der Waals surface area (Å²) in [6.07, 6.45) is 4.51. The Hall–Kier alpha value is -2.62. The number of anilines is 1. The molecule has 2 aromatic rings. The highest BCUT2D eigenvalue weighted by Gasteiger charge is 2.19. The van der Waals surface area contributed by atoms with E-state index in [9.17, 15) is 9.59 Å². The van der Waals surface area contributed by atoms with Gasteiger partial charge in [0.05, 0.1) is 11.3 Å². The van der Waals surface area contributed by atoms with Crippen molar-refractivity contribution in [2.24, 2.45) is 0 Å². The summed E-state index contributed by atoms with van der Waals surface area (Å²) < 4.78 is 0. The molecule has 26 heavy (non-hydrogen) atoms. The van der Waals surface area contributed by atoms with E-state index in [1.165, 1.54) is 24.0 Å². The van der Waals surface area contributed by atoms with Crippen molar-refractivity contribution >= 4 is 17.5 Å². The summed E-state index contributed by atoms with van der Waals surface area (Å²) >= 11 is 0. The molecule has 0 fully saturated rings. The van der Waals surface area contributed by atoms with E-state index in [1.54, 1.807) is 18.2 Å². The van der Waals surface area contributed by atoms with Gasteiger partial charge in [0, 0.05) is 11.1 Å². The van der Waals surface area contributed by atoms with Gasteiger partial charge in [0.15, 0.2) is 0 Å². The Morgan fingerprint density at radius 2 is 1.58 bits per heavy atom. The summed E-state index contributed by atoms with van der Waals surface area (Å²) in [6.45, 7) is 5.79. The summed E-state index contributed by atoms with van der Waals surface area (Å²) in [6, 6.07) is 13.0. The van der Waals surface area contributed by atoms with Crippen molar-refractivity contribution in [3.63, 3.8) is 0 Å². The van der Waals surface area contributed by atoms with Crippen LogP contribution in [0.2, 0.25) is 0 Å². The van der Waals surface area contributed by atoms with Crippen LogP contribution >= 0.6 is 0 Å². The number of rotatable bonds is 3. The molecule has 0 radical (unpaired) electrons. The van der Waals surface area contributed by atoms with E-state index in [2.05, 4.69) is 16.7 Å².